The molecule has 0 aliphatic rings. The predicted molar refractivity (Wildman–Crippen MR) is 52.2 cm³/mol. The van der Waals surface area contributed by atoms with Gasteiger partial charge in [0.05, 0.1) is 0 Å². The van der Waals surface area contributed by atoms with Gasteiger partial charge in [0.15, 0.2) is 0 Å². The molecule has 1 aromatic rings. The molecule has 0 fully saturated rings. The summed E-state index contributed by atoms with van der Waals surface area (Å²) in [6.07, 6.45) is -4.92. The summed E-state index contributed by atoms with van der Waals surface area (Å²) in [4.78, 5) is 11.6. The van der Waals surface area contributed by atoms with Crippen LogP contribution in [0.5, 0.6) is 5.75 Å². The lowest BCUT2D eigenvalue weighted by Gasteiger charge is -2.22. The average molecular weight is 233 g/mol. The molecule has 1 aromatic carbocycles. The van der Waals surface area contributed by atoms with Gasteiger partial charge in [-0.2, -0.15) is 13.2 Å². The minimum atomic E-state index is -4.92. The van der Waals surface area contributed by atoms with Gasteiger partial charge >= 0.3 is 12.1 Å². The normalized spacial score (nSPS) is 11.2. The van der Waals surface area contributed by atoms with E-state index in [-0.39, 0.29) is 18.0 Å². The average Bonchev–Trinajstić information content (AvgIpc) is 2.17. The molecule has 1 amide bonds. The van der Waals surface area contributed by atoms with Crippen LogP contribution < -0.4 is 4.90 Å². The lowest BCUT2D eigenvalue weighted by molar-refractivity contribution is -0.170. The van der Waals surface area contributed by atoms with Crippen molar-refractivity contribution in [3.05, 3.63) is 24.3 Å². The highest BCUT2D eigenvalue weighted by molar-refractivity contribution is 5.97. The molecular weight excluding hydrogens is 223 g/mol. The van der Waals surface area contributed by atoms with Crippen LogP contribution in [0.25, 0.3) is 0 Å². The molecule has 3 nitrogen and oxygen atoms in total. The van der Waals surface area contributed by atoms with Crippen LogP contribution in [0, 0.1) is 0 Å². The second kappa shape index (κ2) is 4.42. The molecule has 0 unspecified atom stereocenters. The Labute approximate surface area is 90.1 Å². The van der Waals surface area contributed by atoms with E-state index in [4.69, 9.17) is 5.11 Å². The number of phenolic OH excluding ortho intramolecular Hbond substituents is 1. The van der Waals surface area contributed by atoms with Crippen molar-refractivity contribution in [2.45, 2.75) is 13.1 Å². The fourth-order valence-corrected chi connectivity index (χ4v) is 1.26. The number of benzene rings is 1. The van der Waals surface area contributed by atoms with Gasteiger partial charge < -0.3 is 10.0 Å². The van der Waals surface area contributed by atoms with Crippen molar-refractivity contribution in [1.82, 2.24) is 0 Å². The summed E-state index contributed by atoms with van der Waals surface area (Å²) in [6, 6.07) is 5.12. The van der Waals surface area contributed by atoms with Crippen LogP contribution in [0.3, 0.4) is 0 Å². The van der Waals surface area contributed by atoms with E-state index in [0.717, 1.165) is 6.07 Å². The zero-order valence-corrected chi connectivity index (χ0v) is 8.45. The summed E-state index contributed by atoms with van der Waals surface area (Å²) >= 11 is 0. The largest absolute Gasteiger partial charge is 0.508 e. The molecule has 88 valence electrons. The first kappa shape index (κ1) is 12.4. The van der Waals surface area contributed by atoms with Crippen LogP contribution in [0.1, 0.15) is 6.92 Å². The molecule has 0 radical (unpaired) electrons. The summed E-state index contributed by atoms with van der Waals surface area (Å²) in [7, 11) is 0. The summed E-state index contributed by atoms with van der Waals surface area (Å²) in [5.41, 5.74) is 0.0184. The second-order valence-electron chi connectivity index (χ2n) is 3.07. The topological polar surface area (TPSA) is 40.5 Å². The van der Waals surface area contributed by atoms with Crippen molar-refractivity contribution in [3.8, 4) is 5.75 Å². The number of halogens is 3. The Hall–Kier alpha value is -1.72. The highest BCUT2D eigenvalue weighted by atomic mass is 19.4. The van der Waals surface area contributed by atoms with Crippen LogP contribution >= 0.6 is 0 Å². The molecule has 0 aliphatic heterocycles. The number of alkyl halides is 3. The number of hydrogen-bond acceptors (Lipinski definition) is 2. The van der Waals surface area contributed by atoms with E-state index in [0.29, 0.717) is 4.90 Å². The molecule has 0 aromatic heterocycles. The molecule has 0 heterocycles. The summed E-state index contributed by atoms with van der Waals surface area (Å²) < 4.78 is 36.7. The molecule has 0 bridgehead atoms. The molecule has 0 saturated carbocycles. The molecule has 1 rings (SSSR count). The van der Waals surface area contributed by atoms with Crippen molar-refractivity contribution in [2.24, 2.45) is 0 Å². The number of rotatable bonds is 2. The Kier molecular flexibility index (Phi) is 3.41. The molecule has 0 saturated heterocycles. The van der Waals surface area contributed by atoms with Crippen LogP contribution in [-0.4, -0.2) is 23.7 Å². The minimum Gasteiger partial charge on any atom is -0.508 e. The maximum atomic E-state index is 12.2. The Bertz CT molecular complexity index is 390. The van der Waals surface area contributed by atoms with Crippen LogP contribution in [-0.2, 0) is 4.79 Å². The fraction of sp³-hybridized carbons (Fsp3) is 0.300. The number of nitrogens with zero attached hydrogens (tertiary/aromatic N) is 1. The SMILES string of the molecule is CCN(C(=O)C(F)(F)F)c1cccc(O)c1. The van der Waals surface area contributed by atoms with Crippen molar-refractivity contribution in [2.75, 3.05) is 11.4 Å². The Balaban J connectivity index is 3.04. The minimum absolute atomic E-state index is 0.0184. The number of aromatic hydroxyl groups is 1. The number of anilines is 1. The number of phenols is 1. The van der Waals surface area contributed by atoms with Gasteiger partial charge in [-0.25, -0.2) is 0 Å². The molecule has 0 aliphatic carbocycles. The predicted octanol–water partition coefficient (Wildman–Crippen LogP) is 2.31. The molecule has 0 spiro atoms. The molecule has 16 heavy (non-hydrogen) atoms. The lowest BCUT2D eigenvalue weighted by atomic mass is 10.2. The van der Waals surface area contributed by atoms with Crippen molar-refractivity contribution in [1.29, 1.82) is 0 Å². The van der Waals surface area contributed by atoms with E-state index >= 15 is 0 Å². The molecule has 0 atom stereocenters. The van der Waals surface area contributed by atoms with Gasteiger partial charge in [0.1, 0.15) is 5.75 Å². The number of amides is 1. The van der Waals surface area contributed by atoms with Gasteiger partial charge in [0.2, 0.25) is 0 Å². The number of carbonyl (C=O) groups excluding carboxylic acids is 1. The standard InChI is InChI=1S/C10H10F3NO2/c1-2-14(9(16)10(11,12)13)7-4-3-5-8(15)6-7/h3-6,15H,2H2,1H3. The van der Waals surface area contributed by atoms with Crippen molar-refractivity contribution in [3.63, 3.8) is 0 Å². The van der Waals surface area contributed by atoms with Crippen LogP contribution in [0.2, 0.25) is 0 Å². The number of carbonyl (C=O) groups is 1. The van der Waals surface area contributed by atoms with E-state index in [1.54, 1.807) is 0 Å². The Morgan fingerprint density at radius 3 is 2.50 bits per heavy atom. The van der Waals surface area contributed by atoms with E-state index in [1.165, 1.54) is 25.1 Å². The van der Waals surface area contributed by atoms with Crippen molar-refractivity contribution >= 4 is 11.6 Å². The van der Waals surface area contributed by atoms with Crippen LogP contribution in [0.15, 0.2) is 24.3 Å². The monoisotopic (exact) mass is 233 g/mol. The maximum Gasteiger partial charge on any atom is 0.471 e. The van der Waals surface area contributed by atoms with E-state index in [2.05, 4.69) is 0 Å². The zero-order valence-electron chi connectivity index (χ0n) is 8.45. The quantitative estimate of drug-likeness (QED) is 0.851. The molecule has 6 heteroatoms. The van der Waals surface area contributed by atoms with E-state index < -0.39 is 12.1 Å². The van der Waals surface area contributed by atoms with Crippen LogP contribution in [0.4, 0.5) is 18.9 Å². The smallest absolute Gasteiger partial charge is 0.471 e. The second-order valence-corrected chi connectivity index (χ2v) is 3.07. The van der Waals surface area contributed by atoms with E-state index in [1.807, 2.05) is 0 Å². The highest BCUT2D eigenvalue weighted by Gasteiger charge is 2.42. The molecular formula is C10H10F3NO2. The first-order chi connectivity index (χ1) is 7.36. The highest BCUT2D eigenvalue weighted by Crippen LogP contribution is 2.25. The zero-order chi connectivity index (χ0) is 12.3. The van der Waals surface area contributed by atoms with Gasteiger partial charge in [-0.05, 0) is 19.1 Å². The Morgan fingerprint density at radius 2 is 2.06 bits per heavy atom. The number of hydrogen-bond donors (Lipinski definition) is 1. The van der Waals surface area contributed by atoms with Gasteiger partial charge in [0, 0.05) is 18.3 Å². The summed E-state index contributed by atoms with van der Waals surface area (Å²) in [6.45, 7) is 1.30. The first-order valence-corrected chi connectivity index (χ1v) is 4.54. The fourth-order valence-electron chi connectivity index (χ4n) is 1.26. The third kappa shape index (κ3) is 2.65. The maximum absolute atomic E-state index is 12.2. The third-order valence-electron chi connectivity index (χ3n) is 1.95. The summed E-state index contributed by atoms with van der Waals surface area (Å²) in [5.74, 6) is -2.13. The first-order valence-electron chi connectivity index (χ1n) is 4.54. The van der Waals surface area contributed by atoms with E-state index in [9.17, 15) is 18.0 Å². The lowest BCUT2D eigenvalue weighted by Crippen LogP contribution is -2.41. The van der Waals surface area contributed by atoms with Gasteiger partial charge in [-0.15, -0.1) is 0 Å². The van der Waals surface area contributed by atoms with Crippen molar-refractivity contribution < 1.29 is 23.1 Å². The van der Waals surface area contributed by atoms with Gasteiger partial charge in [-0.1, -0.05) is 6.07 Å². The van der Waals surface area contributed by atoms with Gasteiger partial charge in [0.25, 0.3) is 0 Å². The Morgan fingerprint density at radius 1 is 1.44 bits per heavy atom. The molecule has 1 N–H and O–H groups in total. The van der Waals surface area contributed by atoms with Gasteiger partial charge in [-0.3, -0.25) is 4.79 Å². The summed E-state index contributed by atoms with van der Waals surface area (Å²) in [5, 5.41) is 9.12. The third-order valence-corrected chi connectivity index (χ3v) is 1.95.